The lowest BCUT2D eigenvalue weighted by atomic mass is 10.2. The van der Waals surface area contributed by atoms with Crippen LogP contribution in [0.5, 0.6) is 0 Å². The molecule has 0 radical (unpaired) electrons. The number of nitrogens with two attached hydrogens (primary N) is 1. The van der Waals surface area contributed by atoms with Crippen LogP contribution in [0.2, 0.25) is 0 Å². The molecule has 1 saturated heterocycles. The molecule has 1 aromatic rings. The van der Waals surface area contributed by atoms with Crippen molar-refractivity contribution in [2.24, 2.45) is 0 Å². The van der Waals surface area contributed by atoms with Crippen molar-refractivity contribution >= 4 is 23.3 Å². The summed E-state index contributed by atoms with van der Waals surface area (Å²) in [5.74, 6) is 3.03. The summed E-state index contributed by atoms with van der Waals surface area (Å²) in [6.45, 7) is 0. The third-order valence-electron chi connectivity index (χ3n) is 2.80. The standard InChI is InChI=1S/C11H14N4S/c1-15(10-2-3-16-7-10)11-8(5-12)4-9(13)6-14-11/h4,6,10H,2-3,7,13H2,1H3. The second-order valence-corrected chi connectivity index (χ2v) is 5.03. The Balaban J connectivity index is 2.28. The molecule has 0 spiro atoms. The maximum Gasteiger partial charge on any atom is 0.146 e. The minimum absolute atomic E-state index is 0.480. The number of nitriles is 1. The second kappa shape index (κ2) is 4.62. The molecule has 0 aliphatic carbocycles. The summed E-state index contributed by atoms with van der Waals surface area (Å²) in [6.07, 6.45) is 2.76. The third-order valence-corrected chi connectivity index (χ3v) is 3.94. The molecule has 0 saturated carbocycles. The first-order valence-corrected chi connectivity index (χ1v) is 6.34. The average molecular weight is 234 g/mol. The normalized spacial score (nSPS) is 19.4. The van der Waals surface area contributed by atoms with E-state index in [0.29, 0.717) is 17.3 Å². The molecule has 2 heterocycles. The van der Waals surface area contributed by atoms with Crippen molar-refractivity contribution in [1.82, 2.24) is 4.98 Å². The first kappa shape index (κ1) is 11.1. The first-order valence-electron chi connectivity index (χ1n) is 5.18. The van der Waals surface area contributed by atoms with Gasteiger partial charge < -0.3 is 10.6 Å². The third kappa shape index (κ3) is 2.07. The van der Waals surface area contributed by atoms with Crippen LogP contribution in [-0.2, 0) is 0 Å². The second-order valence-electron chi connectivity index (χ2n) is 3.88. The van der Waals surface area contributed by atoms with E-state index in [1.54, 1.807) is 12.3 Å². The van der Waals surface area contributed by atoms with Gasteiger partial charge in [-0.25, -0.2) is 4.98 Å². The Morgan fingerprint density at radius 3 is 3.12 bits per heavy atom. The molecular weight excluding hydrogens is 220 g/mol. The zero-order chi connectivity index (χ0) is 11.5. The molecule has 1 aliphatic heterocycles. The van der Waals surface area contributed by atoms with E-state index in [0.717, 1.165) is 18.0 Å². The van der Waals surface area contributed by atoms with Gasteiger partial charge in [0.05, 0.1) is 17.4 Å². The van der Waals surface area contributed by atoms with Gasteiger partial charge in [-0.15, -0.1) is 0 Å². The number of hydrogen-bond acceptors (Lipinski definition) is 5. The van der Waals surface area contributed by atoms with Crippen LogP contribution < -0.4 is 10.6 Å². The topological polar surface area (TPSA) is 65.9 Å². The first-order chi connectivity index (χ1) is 7.72. The van der Waals surface area contributed by atoms with Crippen molar-refractivity contribution < 1.29 is 0 Å². The molecule has 1 unspecified atom stereocenters. The molecule has 0 bridgehead atoms. The van der Waals surface area contributed by atoms with Crippen LogP contribution in [0.15, 0.2) is 12.3 Å². The quantitative estimate of drug-likeness (QED) is 0.839. The monoisotopic (exact) mass is 234 g/mol. The number of hydrogen-bond donors (Lipinski definition) is 1. The fourth-order valence-corrected chi connectivity index (χ4v) is 3.11. The van der Waals surface area contributed by atoms with Crippen LogP contribution in [0.1, 0.15) is 12.0 Å². The van der Waals surface area contributed by atoms with Crippen molar-refractivity contribution in [3.05, 3.63) is 17.8 Å². The highest BCUT2D eigenvalue weighted by atomic mass is 32.2. The smallest absolute Gasteiger partial charge is 0.146 e. The SMILES string of the molecule is CN(c1ncc(N)cc1C#N)C1CCSC1. The van der Waals surface area contributed by atoms with Gasteiger partial charge >= 0.3 is 0 Å². The molecule has 4 nitrogen and oxygen atoms in total. The predicted molar refractivity (Wildman–Crippen MR) is 67.5 cm³/mol. The Bertz CT molecular complexity index is 420. The summed E-state index contributed by atoms with van der Waals surface area (Å²) in [5.41, 5.74) is 6.71. The van der Waals surface area contributed by atoms with E-state index in [4.69, 9.17) is 11.0 Å². The average Bonchev–Trinajstić information content (AvgIpc) is 2.81. The van der Waals surface area contributed by atoms with Gasteiger partial charge in [-0.3, -0.25) is 0 Å². The van der Waals surface area contributed by atoms with E-state index in [1.807, 2.05) is 18.8 Å². The number of pyridine rings is 1. The van der Waals surface area contributed by atoms with Gasteiger partial charge in [-0.1, -0.05) is 0 Å². The lowest BCUT2D eigenvalue weighted by molar-refractivity contribution is 0.691. The lowest BCUT2D eigenvalue weighted by Gasteiger charge is -2.25. The Morgan fingerprint density at radius 1 is 1.69 bits per heavy atom. The molecule has 16 heavy (non-hydrogen) atoms. The van der Waals surface area contributed by atoms with Gasteiger partial charge in [0, 0.05) is 18.8 Å². The minimum Gasteiger partial charge on any atom is -0.397 e. The van der Waals surface area contributed by atoms with Crippen molar-refractivity contribution in [1.29, 1.82) is 5.26 Å². The van der Waals surface area contributed by atoms with E-state index in [2.05, 4.69) is 16.0 Å². The lowest BCUT2D eigenvalue weighted by Crippen LogP contribution is -2.32. The minimum atomic E-state index is 0.480. The highest BCUT2D eigenvalue weighted by Gasteiger charge is 2.22. The number of nitrogen functional groups attached to an aromatic ring is 1. The summed E-state index contributed by atoms with van der Waals surface area (Å²) in [7, 11) is 2.00. The van der Waals surface area contributed by atoms with E-state index in [-0.39, 0.29) is 0 Å². The van der Waals surface area contributed by atoms with Gasteiger partial charge in [0.1, 0.15) is 11.9 Å². The summed E-state index contributed by atoms with van der Waals surface area (Å²) in [5, 5.41) is 9.06. The molecule has 2 rings (SSSR count). The molecule has 2 N–H and O–H groups in total. The van der Waals surface area contributed by atoms with Gasteiger partial charge in [0.25, 0.3) is 0 Å². The van der Waals surface area contributed by atoms with Crippen molar-refractivity contribution in [3.8, 4) is 6.07 Å². The zero-order valence-electron chi connectivity index (χ0n) is 9.18. The van der Waals surface area contributed by atoms with E-state index >= 15 is 0 Å². The molecule has 0 aromatic carbocycles. The summed E-state index contributed by atoms with van der Waals surface area (Å²) < 4.78 is 0. The van der Waals surface area contributed by atoms with E-state index in [1.165, 1.54) is 5.75 Å². The molecule has 5 heteroatoms. The van der Waals surface area contributed by atoms with Crippen LogP contribution in [0.4, 0.5) is 11.5 Å². The Morgan fingerprint density at radius 2 is 2.50 bits per heavy atom. The van der Waals surface area contributed by atoms with Gasteiger partial charge in [0.2, 0.25) is 0 Å². The summed E-state index contributed by atoms with van der Waals surface area (Å²) in [6, 6.07) is 4.31. The molecule has 1 atom stereocenters. The number of aromatic nitrogens is 1. The van der Waals surface area contributed by atoms with Gasteiger partial charge in [-0.2, -0.15) is 17.0 Å². The largest absolute Gasteiger partial charge is 0.397 e. The maximum atomic E-state index is 9.06. The molecular formula is C11H14N4S. The van der Waals surface area contributed by atoms with Crippen molar-refractivity contribution in [2.45, 2.75) is 12.5 Å². The molecule has 1 fully saturated rings. The number of thioether (sulfide) groups is 1. The molecule has 1 aliphatic rings. The van der Waals surface area contributed by atoms with Crippen LogP contribution in [0.3, 0.4) is 0 Å². The van der Waals surface area contributed by atoms with Crippen molar-refractivity contribution in [3.63, 3.8) is 0 Å². The Kier molecular flexibility index (Phi) is 3.20. The van der Waals surface area contributed by atoms with Crippen molar-refractivity contribution in [2.75, 3.05) is 29.2 Å². The highest BCUT2D eigenvalue weighted by molar-refractivity contribution is 7.99. The fourth-order valence-electron chi connectivity index (χ4n) is 1.84. The Hall–Kier alpha value is -1.41. The van der Waals surface area contributed by atoms with Gasteiger partial charge in [-0.05, 0) is 18.2 Å². The van der Waals surface area contributed by atoms with Crippen LogP contribution >= 0.6 is 11.8 Å². The fraction of sp³-hybridized carbons (Fsp3) is 0.455. The highest BCUT2D eigenvalue weighted by Crippen LogP contribution is 2.27. The molecule has 84 valence electrons. The predicted octanol–water partition coefficient (Wildman–Crippen LogP) is 1.48. The van der Waals surface area contributed by atoms with Crippen LogP contribution in [0.25, 0.3) is 0 Å². The number of anilines is 2. The summed E-state index contributed by atoms with van der Waals surface area (Å²) in [4.78, 5) is 6.36. The van der Waals surface area contributed by atoms with E-state index in [9.17, 15) is 0 Å². The number of nitrogens with zero attached hydrogens (tertiary/aromatic N) is 3. The Labute approximate surface area is 99.5 Å². The molecule has 1 aromatic heterocycles. The van der Waals surface area contributed by atoms with Crippen LogP contribution in [0, 0.1) is 11.3 Å². The van der Waals surface area contributed by atoms with Gasteiger partial charge in [0.15, 0.2) is 0 Å². The summed E-state index contributed by atoms with van der Waals surface area (Å²) >= 11 is 1.94. The zero-order valence-corrected chi connectivity index (χ0v) is 10.00. The number of rotatable bonds is 2. The van der Waals surface area contributed by atoms with Crippen LogP contribution in [-0.4, -0.2) is 29.6 Å². The molecule has 0 amide bonds. The maximum absolute atomic E-state index is 9.06. The van der Waals surface area contributed by atoms with E-state index < -0.39 is 0 Å².